The van der Waals surface area contributed by atoms with Crippen molar-refractivity contribution in [2.75, 3.05) is 7.11 Å². The molecule has 0 radical (unpaired) electrons. The number of nitrogens with zero attached hydrogens (tertiary/aromatic N) is 3. The first-order valence-corrected chi connectivity index (χ1v) is 14.3. The van der Waals surface area contributed by atoms with E-state index in [1.807, 2.05) is 0 Å². The Labute approximate surface area is 241 Å². The summed E-state index contributed by atoms with van der Waals surface area (Å²) in [5, 5.41) is 3.95. The number of methoxy groups -OCH3 is 1. The van der Waals surface area contributed by atoms with E-state index in [0.717, 1.165) is 12.2 Å². The van der Waals surface area contributed by atoms with Gasteiger partial charge in [-0.1, -0.05) is 66.7 Å². The van der Waals surface area contributed by atoms with Crippen LogP contribution >= 0.6 is 0 Å². The zero-order valence-corrected chi connectivity index (χ0v) is 24.1. The topological polar surface area (TPSA) is 24.0 Å². The number of aromatic nitrogens is 3. The number of fused-ring (bicyclic) bond motifs is 3. The van der Waals surface area contributed by atoms with Crippen molar-refractivity contribution in [2.24, 2.45) is 21.1 Å². The van der Waals surface area contributed by atoms with Crippen LogP contribution in [0.3, 0.4) is 0 Å². The van der Waals surface area contributed by atoms with Crippen LogP contribution in [0.5, 0.6) is 5.75 Å². The minimum absolute atomic E-state index is 0.176. The maximum Gasteiger partial charge on any atom is 0.118 e. The van der Waals surface area contributed by atoms with Gasteiger partial charge in [-0.25, -0.2) is 0 Å². The third-order valence-electron chi connectivity index (χ3n) is 8.90. The van der Waals surface area contributed by atoms with Crippen molar-refractivity contribution in [1.82, 2.24) is 13.7 Å². The van der Waals surface area contributed by atoms with E-state index in [0.29, 0.717) is 0 Å². The largest absolute Gasteiger partial charge is 0.497 e. The highest BCUT2D eigenvalue weighted by Crippen LogP contribution is 2.45. The first-order valence-electron chi connectivity index (χ1n) is 14.3. The quantitative estimate of drug-likeness (QED) is 0.200. The third-order valence-corrected chi connectivity index (χ3v) is 8.90. The van der Waals surface area contributed by atoms with E-state index in [4.69, 9.17) is 4.74 Å². The van der Waals surface area contributed by atoms with E-state index in [1.165, 1.54) is 55.0 Å². The van der Waals surface area contributed by atoms with E-state index in [2.05, 4.69) is 150 Å². The van der Waals surface area contributed by atoms with Crippen LogP contribution in [0.15, 0.2) is 116 Å². The lowest BCUT2D eigenvalue weighted by Gasteiger charge is -2.25. The first-order chi connectivity index (χ1) is 20.0. The molecule has 0 spiro atoms. The normalized spacial score (nSPS) is 12.6. The van der Waals surface area contributed by atoms with E-state index < -0.39 is 0 Å². The number of para-hydroxylation sites is 3. The van der Waals surface area contributed by atoms with Gasteiger partial charge in [0.1, 0.15) is 5.75 Å². The van der Waals surface area contributed by atoms with Gasteiger partial charge < -0.3 is 18.4 Å². The second-order valence-corrected chi connectivity index (χ2v) is 11.3. The summed E-state index contributed by atoms with van der Waals surface area (Å²) in [7, 11) is 8.22. The summed E-state index contributed by atoms with van der Waals surface area (Å²) in [6.07, 6.45) is 7.97. The van der Waals surface area contributed by atoms with E-state index >= 15 is 0 Å². The van der Waals surface area contributed by atoms with Crippen molar-refractivity contribution >= 4 is 32.7 Å². The maximum atomic E-state index is 5.54. The molecule has 7 rings (SSSR count). The number of benzene rings is 4. The molecule has 0 aliphatic heterocycles. The second kappa shape index (κ2) is 10.0. The van der Waals surface area contributed by atoms with Gasteiger partial charge in [-0.3, -0.25) is 0 Å². The van der Waals surface area contributed by atoms with Crippen LogP contribution in [0.1, 0.15) is 40.5 Å². The molecule has 4 heteroatoms. The average Bonchev–Trinajstić information content (AvgIpc) is 3.65. The fourth-order valence-corrected chi connectivity index (χ4v) is 6.89. The molecular formula is C37H35N3O. The van der Waals surface area contributed by atoms with Gasteiger partial charge in [-0.05, 0) is 59.0 Å². The fraction of sp³-hybridized carbons (Fsp3) is 0.189. The van der Waals surface area contributed by atoms with Crippen molar-refractivity contribution in [3.05, 3.63) is 138 Å². The predicted octanol–water partition coefficient (Wildman–Crippen LogP) is 8.52. The van der Waals surface area contributed by atoms with Gasteiger partial charge in [-0.15, -0.1) is 0 Å². The standard InChI is InChI=1S/C37H35N3O/c1-38-22-32(27-11-5-8-14-35(27)38)30(25-17-19-26(41-4)20-18-25)21-31(33-23-39(2)36-15-9-6-12-28(33)36)34-24-40(3)37-16-10-7-13-29(34)37/h5-20,22-24,30-31H,21H2,1-4H3. The number of rotatable bonds is 7. The lowest BCUT2D eigenvalue weighted by Crippen LogP contribution is -2.10. The molecule has 0 saturated carbocycles. The van der Waals surface area contributed by atoms with Crippen LogP contribution in [0.4, 0.5) is 0 Å². The molecule has 41 heavy (non-hydrogen) atoms. The molecule has 1 unspecified atom stereocenters. The van der Waals surface area contributed by atoms with Gasteiger partial charge in [0.2, 0.25) is 0 Å². The van der Waals surface area contributed by atoms with Gasteiger partial charge in [-0.2, -0.15) is 0 Å². The highest BCUT2D eigenvalue weighted by atomic mass is 16.5. The predicted molar refractivity (Wildman–Crippen MR) is 170 cm³/mol. The van der Waals surface area contributed by atoms with Crippen LogP contribution in [-0.2, 0) is 21.1 Å². The maximum absolute atomic E-state index is 5.54. The second-order valence-electron chi connectivity index (χ2n) is 11.3. The summed E-state index contributed by atoms with van der Waals surface area (Å²) in [5.41, 5.74) is 9.19. The molecular weight excluding hydrogens is 502 g/mol. The summed E-state index contributed by atoms with van der Waals surface area (Å²) in [6.45, 7) is 0. The first kappa shape index (κ1) is 25.3. The van der Waals surface area contributed by atoms with E-state index in [-0.39, 0.29) is 11.8 Å². The van der Waals surface area contributed by atoms with Gasteiger partial charge >= 0.3 is 0 Å². The molecule has 0 saturated heterocycles. The molecule has 0 aliphatic carbocycles. The van der Waals surface area contributed by atoms with Crippen LogP contribution in [-0.4, -0.2) is 20.8 Å². The molecule has 204 valence electrons. The van der Waals surface area contributed by atoms with E-state index in [1.54, 1.807) is 7.11 Å². The van der Waals surface area contributed by atoms with Crippen molar-refractivity contribution < 1.29 is 4.74 Å². The summed E-state index contributed by atoms with van der Waals surface area (Å²) in [4.78, 5) is 0. The molecule has 1 atom stereocenters. The molecule has 0 bridgehead atoms. The number of aryl methyl sites for hydroxylation is 3. The van der Waals surface area contributed by atoms with E-state index in [9.17, 15) is 0 Å². The van der Waals surface area contributed by atoms with Crippen LogP contribution in [0.25, 0.3) is 32.7 Å². The molecule has 7 aromatic rings. The Morgan fingerprint density at radius 1 is 0.512 bits per heavy atom. The van der Waals surface area contributed by atoms with Crippen molar-refractivity contribution in [2.45, 2.75) is 18.3 Å². The SMILES string of the molecule is COc1ccc(C(CC(c2cn(C)c3ccccc23)c2cn(C)c3ccccc23)c2cn(C)c3ccccc23)cc1. The van der Waals surface area contributed by atoms with Crippen molar-refractivity contribution in [1.29, 1.82) is 0 Å². The Balaban J connectivity index is 1.48. The number of ether oxygens (including phenoxy) is 1. The molecule has 4 nitrogen and oxygen atoms in total. The molecule has 0 aliphatic rings. The molecule has 0 fully saturated rings. The molecule has 3 aromatic heterocycles. The lowest BCUT2D eigenvalue weighted by molar-refractivity contribution is 0.414. The molecule has 0 amide bonds. The van der Waals surface area contributed by atoms with Gasteiger partial charge in [0.05, 0.1) is 7.11 Å². The zero-order chi connectivity index (χ0) is 28.1. The van der Waals surface area contributed by atoms with Gasteiger partial charge in [0.15, 0.2) is 0 Å². The Hall–Kier alpha value is -4.70. The average molecular weight is 538 g/mol. The minimum Gasteiger partial charge on any atom is -0.497 e. The van der Waals surface area contributed by atoms with Crippen molar-refractivity contribution in [3.63, 3.8) is 0 Å². The monoisotopic (exact) mass is 537 g/mol. The third kappa shape index (κ3) is 4.22. The summed E-state index contributed by atoms with van der Waals surface area (Å²) in [6, 6.07) is 35.1. The Kier molecular flexibility index (Phi) is 6.19. The zero-order valence-electron chi connectivity index (χ0n) is 24.1. The summed E-state index contributed by atoms with van der Waals surface area (Å²) in [5.74, 6) is 1.23. The molecule has 0 N–H and O–H groups in total. The Morgan fingerprint density at radius 2 is 0.902 bits per heavy atom. The smallest absolute Gasteiger partial charge is 0.118 e. The molecule has 3 heterocycles. The van der Waals surface area contributed by atoms with Gasteiger partial charge in [0.25, 0.3) is 0 Å². The Morgan fingerprint density at radius 3 is 1.32 bits per heavy atom. The Bertz CT molecular complexity index is 1920. The van der Waals surface area contributed by atoms with Crippen LogP contribution in [0, 0.1) is 0 Å². The number of hydrogen-bond acceptors (Lipinski definition) is 1. The fourth-order valence-electron chi connectivity index (χ4n) is 6.89. The molecule has 4 aromatic carbocycles. The van der Waals surface area contributed by atoms with Crippen molar-refractivity contribution in [3.8, 4) is 5.75 Å². The number of hydrogen-bond donors (Lipinski definition) is 0. The minimum atomic E-state index is 0.176. The summed E-state index contributed by atoms with van der Waals surface area (Å²) < 4.78 is 12.4. The van der Waals surface area contributed by atoms with Crippen LogP contribution in [0.2, 0.25) is 0 Å². The highest BCUT2D eigenvalue weighted by molar-refractivity contribution is 5.89. The van der Waals surface area contributed by atoms with Gasteiger partial charge in [0, 0.05) is 84.3 Å². The van der Waals surface area contributed by atoms with Crippen LogP contribution < -0.4 is 4.74 Å². The summed E-state index contributed by atoms with van der Waals surface area (Å²) >= 11 is 0. The highest BCUT2D eigenvalue weighted by Gasteiger charge is 2.29. The lowest BCUT2D eigenvalue weighted by atomic mass is 9.78.